The molecule has 1 spiro atoms. The Balaban J connectivity index is 1.40. The molecule has 0 N–H and O–H groups in total. The Bertz CT molecular complexity index is 1870. The molecule has 36 heavy (non-hydrogen) atoms. The van der Waals surface area contributed by atoms with Crippen molar-refractivity contribution in [1.82, 2.24) is 0 Å². The lowest BCUT2D eigenvalue weighted by Gasteiger charge is -2.30. The van der Waals surface area contributed by atoms with E-state index in [0.29, 0.717) is 0 Å². The standard InChI is InChI=1S/C36H22/c1-2-10-23-19-29-24(17-22(23)9-1)18-25-20-35-31(21-30(25)29)28-13-5-8-16-34(28)36(35)32-14-6-3-11-26(32)27-12-4-7-15-33(27)36/h1-17,19-21H,18H2. The monoisotopic (exact) mass is 454 g/mol. The molecule has 0 aliphatic heterocycles. The van der Waals surface area contributed by atoms with E-state index in [-0.39, 0.29) is 5.41 Å². The fourth-order valence-electron chi connectivity index (χ4n) is 7.47. The van der Waals surface area contributed by atoms with Gasteiger partial charge in [-0.25, -0.2) is 0 Å². The van der Waals surface area contributed by atoms with Gasteiger partial charge in [0.2, 0.25) is 0 Å². The van der Waals surface area contributed by atoms with E-state index in [1.54, 1.807) is 0 Å². The summed E-state index contributed by atoms with van der Waals surface area (Å²) in [6, 6.07) is 45.8. The van der Waals surface area contributed by atoms with E-state index in [0.717, 1.165) is 6.42 Å². The third-order valence-electron chi connectivity index (χ3n) is 8.86. The molecule has 0 aromatic heterocycles. The van der Waals surface area contributed by atoms with E-state index < -0.39 is 0 Å². The number of fused-ring (bicyclic) bond motifs is 14. The molecule has 0 saturated carbocycles. The van der Waals surface area contributed by atoms with Crippen LogP contribution in [0.5, 0.6) is 0 Å². The summed E-state index contributed by atoms with van der Waals surface area (Å²) in [5.74, 6) is 0. The quantitative estimate of drug-likeness (QED) is 0.215. The van der Waals surface area contributed by atoms with Crippen LogP contribution in [0.15, 0.2) is 121 Å². The summed E-state index contributed by atoms with van der Waals surface area (Å²) in [6.07, 6.45) is 0.999. The topological polar surface area (TPSA) is 0 Å². The van der Waals surface area contributed by atoms with Crippen molar-refractivity contribution in [2.45, 2.75) is 11.8 Å². The number of hydrogen-bond acceptors (Lipinski definition) is 0. The molecule has 0 saturated heterocycles. The molecule has 0 radical (unpaired) electrons. The van der Waals surface area contributed by atoms with Crippen LogP contribution >= 0.6 is 0 Å². The molecular weight excluding hydrogens is 432 g/mol. The molecule has 0 atom stereocenters. The van der Waals surface area contributed by atoms with Crippen molar-refractivity contribution in [2.75, 3.05) is 0 Å². The van der Waals surface area contributed by atoms with Crippen LogP contribution in [0.25, 0.3) is 44.2 Å². The molecule has 0 amide bonds. The Labute approximate surface area is 210 Å². The molecule has 0 heterocycles. The predicted molar refractivity (Wildman–Crippen MR) is 148 cm³/mol. The molecule has 0 fully saturated rings. The number of hydrogen-bond donors (Lipinski definition) is 0. The van der Waals surface area contributed by atoms with Crippen molar-refractivity contribution < 1.29 is 0 Å². The molecule has 6 aromatic carbocycles. The zero-order valence-corrected chi connectivity index (χ0v) is 19.8. The van der Waals surface area contributed by atoms with Crippen molar-refractivity contribution >= 4 is 10.8 Å². The Morgan fingerprint density at radius 2 is 0.833 bits per heavy atom. The smallest absolute Gasteiger partial charge is 0.0619 e. The van der Waals surface area contributed by atoms with Crippen molar-refractivity contribution in [1.29, 1.82) is 0 Å². The Morgan fingerprint density at radius 1 is 0.361 bits per heavy atom. The summed E-state index contributed by atoms with van der Waals surface area (Å²) < 4.78 is 0. The first-order valence-electron chi connectivity index (χ1n) is 12.8. The fourth-order valence-corrected chi connectivity index (χ4v) is 7.47. The maximum atomic E-state index is 2.55. The average molecular weight is 455 g/mol. The van der Waals surface area contributed by atoms with E-state index in [1.165, 1.54) is 77.5 Å². The largest absolute Gasteiger partial charge is 0.0725 e. The van der Waals surface area contributed by atoms with Gasteiger partial charge in [0.15, 0.2) is 0 Å². The lowest BCUT2D eigenvalue weighted by Crippen LogP contribution is -2.25. The lowest BCUT2D eigenvalue weighted by molar-refractivity contribution is 0.792. The molecule has 3 aliphatic carbocycles. The molecule has 0 bridgehead atoms. The maximum Gasteiger partial charge on any atom is 0.0725 e. The molecule has 0 nitrogen and oxygen atoms in total. The average Bonchev–Trinajstić information content (AvgIpc) is 3.54. The van der Waals surface area contributed by atoms with Gasteiger partial charge in [0.25, 0.3) is 0 Å². The summed E-state index contributed by atoms with van der Waals surface area (Å²) >= 11 is 0. The first-order chi connectivity index (χ1) is 17.8. The van der Waals surface area contributed by atoms with Crippen LogP contribution in [0.1, 0.15) is 33.4 Å². The van der Waals surface area contributed by atoms with E-state index in [2.05, 4.69) is 121 Å². The summed E-state index contributed by atoms with van der Waals surface area (Å²) in [7, 11) is 0. The molecule has 166 valence electrons. The van der Waals surface area contributed by atoms with Crippen LogP contribution in [0.2, 0.25) is 0 Å². The van der Waals surface area contributed by atoms with Crippen molar-refractivity contribution in [3.8, 4) is 33.4 Å². The first-order valence-corrected chi connectivity index (χ1v) is 12.8. The fraction of sp³-hybridized carbons (Fsp3) is 0.0556. The molecule has 0 heteroatoms. The SMILES string of the molecule is c1ccc2c(c1)-c1ccccc1C21c2ccccc2-c2cc3c(cc21)Cc1cc2ccccc2cc1-3. The predicted octanol–water partition coefficient (Wildman–Crippen LogP) is 8.75. The Kier molecular flexibility index (Phi) is 3.36. The van der Waals surface area contributed by atoms with Gasteiger partial charge in [-0.2, -0.15) is 0 Å². The second kappa shape index (κ2) is 6.42. The van der Waals surface area contributed by atoms with Gasteiger partial charge in [0, 0.05) is 0 Å². The molecule has 0 unspecified atom stereocenters. The van der Waals surface area contributed by atoms with Gasteiger partial charge < -0.3 is 0 Å². The van der Waals surface area contributed by atoms with Gasteiger partial charge >= 0.3 is 0 Å². The maximum absolute atomic E-state index is 2.55. The zero-order chi connectivity index (χ0) is 23.4. The Morgan fingerprint density at radius 3 is 1.47 bits per heavy atom. The highest BCUT2D eigenvalue weighted by molar-refractivity contribution is 5.98. The van der Waals surface area contributed by atoms with Crippen LogP contribution in [0, 0.1) is 0 Å². The number of rotatable bonds is 0. The van der Waals surface area contributed by atoms with Crippen LogP contribution in [-0.2, 0) is 11.8 Å². The van der Waals surface area contributed by atoms with E-state index in [9.17, 15) is 0 Å². The van der Waals surface area contributed by atoms with E-state index in [4.69, 9.17) is 0 Å². The highest BCUT2D eigenvalue weighted by Gasteiger charge is 2.51. The molecule has 9 rings (SSSR count). The zero-order valence-electron chi connectivity index (χ0n) is 19.8. The minimum absolute atomic E-state index is 0.256. The van der Waals surface area contributed by atoms with Crippen LogP contribution in [0.4, 0.5) is 0 Å². The lowest BCUT2D eigenvalue weighted by atomic mass is 9.70. The Hall–Kier alpha value is -4.42. The van der Waals surface area contributed by atoms with Gasteiger partial charge in [0.1, 0.15) is 0 Å². The minimum Gasteiger partial charge on any atom is -0.0619 e. The third kappa shape index (κ3) is 2.09. The number of benzene rings is 6. The summed E-state index contributed by atoms with van der Waals surface area (Å²) in [4.78, 5) is 0. The summed E-state index contributed by atoms with van der Waals surface area (Å²) in [6.45, 7) is 0. The van der Waals surface area contributed by atoms with Gasteiger partial charge in [-0.05, 0) is 96.1 Å². The van der Waals surface area contributed by atoms with Crippen LogP contribution in [-0.4, -0.2) is 0 Å². The third-order valence-corrected chi connectivity index (χ3v) is 8.86. The minimum atomic E-state index is -0.256. The second-order valence-electron chi connectivity index (χ2n) is 10.5. The van der Waals surface area contributed by atoms with Crippen LogP contribution in [0.3, 0.4) is 0 Å². The van der Waals surface area contributed by atoms with Crippen molar-refractivity contribution in [3.05, 3.63) is 155 Å². The molecular formula is C36H22. The highest BCUT2D eigenvalue weighted by atomic mass is 14.5. The summed E-state index contributed by atoms with van der Waals surface area (Å²) in [5, 5.41) is 2.65. The summed E-state index contributed by atoms with van der Waals surface area (Å²) in [5.41, 5.74) is 16.6. The van der Waals surface area contributed by atoms with E-state index in [1.807, 2.05) is 0 Å². The van der Waals surface area contributed by atoms with Gasteiger partial charge in [-0.1, -0.05) is 109 Å². The highest BCUT2D eigenvalue weighted by Crippen LogP contribution is 2.63. The van der Waals surface area contributed by atoms with Gasteiger partial charge in [-0.15, -0.1) is 0 Å². The van der Waals surface area contributed by atoms with Gasteiger partial charge in [0.05, 0.1) is 5.41 Å². The normalized spacial score (nSPS) is 14.8. The van der Waals surface area contributed by atoms with Crippen LogP contribution < -0.4 is 0 Å². The van der Waals surface area contributed by atoms with Crippen molar-refractivity contribution in [3.63, 3.8) is 0 Å². The molecule has 6 aromatic rings. The van der Waals surface area contributed by atoms with E-state index >= 15 is 0 Å². The first kappa shape index (κ1) is 18.9. The second-order valence-corrected chi connectivity index (χ2v) is 10.5. The van der Waals surface area contributed by atoms with Crippen molar-refractivity contribution in [2.24, 2.45) is 0 Å². The molecule has 3 aliphatic rings. The van der Waals surface area contributed by atoms with Gasteiger partial charge in [-0.3, -0.25) is 0 Å².